The first kappa shape index (κ1) is 29.5. The van der Waals surface area contributed by atoms with E-state index in [1.165, 1.54) is 17.0 Å². The van der Waals surface area contributed by atoms with Gasteiger partial charge in [0.2, 0.25) is 11.8 Å². The van der Waals surface area contributed by atoms with Gasteiger partial charge in [0, 0.05) is 28.2 Å². The molecule has 10 heteroatoms. The summed E-state index contributed by atoms with van der Waals surface area (Å²) < 4.78 is 28.6. The Morgan fingerprint density at radius 2 is 1.45 bits per heavy atom. The third kappa shape index (κ3) is 7.07. The molecule has 0 aliphatic heterocycles. The Hall–Kier alpha value is -3.07. The van der Waals surface area contributed by atoms with E-state index >= 15 is 0 Å². The van der Waals surface area contributed by atoms with Crippen molar-refractivity contribution in [2.45, 2.75) is 51.2 Å². The van der Waals surface area contributed by atoms with Crippen LogP contribution in [0.2, 0.25) is 10.0 Å². The molecule has 3 aromatic rings. The van der Waals surface area contributed by atoms with Crippen molar-refractivity contribution in [3.8, 4) is 0 Å². The Bertz CT molecular complexity index is 1360. The molecule has 0 heterocycles. The molecule has 2 amide bonds. The first-order valence-electron chi connectivity index (χ1n) is 12.1. The largest absolute Gasteiger partial charge is 0.352 e. The normalized spacial score (nSPS) is 12.2. The van der Waals surface area contributed by atoms with Gasteiger partial charge in [0.25, 0.3) is 10.0 Å². The average molecular weight is 577 g/mol. The molecule has 0 unspecified atom stereocenters. The van der Waals surface area contributed by atoms with Gasteiger partial charge in [-0.15, -0.1) is 0 Å². The van der Waals surface area contributed by atoms with Crippen LogP contribution in [0.15, 0.2) is 77.7 Å². The van der Waals surface area contributed by atoms with Crippen LogP contribution in [-0.2, 0) is 26.2 Å². The topological polar surface area (TPSA) is 86.8 Å². The predicted octanol–water partition coefficient (Wildman–Crippen LogP) is 5.44. The highest BCUT2D eigenvalue weighted by atomic mass is 35.5. The number of carbonyl (C=O) groups excluding carboxylic acids is 2. The van der Waals surface area contributed by atoms with Gasteiger partial charge >= 0.3 is 0 Å². The lowest BCUT2D eigenvalue weighted by Gasteiger charge is -2.32. The van der Waals surface area contributed by atoms with E-state index in [-0.39, 0.29) is 23.4 Å². The van der Waals surface area contributed by atoms with Gasteiger partial charge in [0.15, 0.2) is 0 Å². The van der Waals surface area contributed by atoms with E-state index in [0.717, 1.165) is 9.87 Å². The number of hydrogen-bond donors (Lipinski definition) is 1. The number of sulfonamides is 1. The number of aryl methyl sites for hydroxylation is 1. The van der Waals surface area contributed by atoms with Crippen LogP contribution >= 0.6 is 23.2 Å². The second-order valence-electron chi connectivity index (χ2n) is 9.22. The SMILES string of the molecule is Cc1ccc(S(=O)(=O)N(CC(=O)N(Cc2c(Cl)cccc2Cl)[C@@H](C)C(=O)NC(C)C)c2ccccc2)cc1. The van der Waals surface area contributed by atoms with E-state index in [1.807, 2.05) is 20.8 Å². The molecule has 0 saturated heterocycles. The number of nitrogens with one attached hydrogen (secondary N) is 1. The zero-order valence-electron chi connectivity index (χ0n) is 21.7. The second kappa shape index (κ2) is 12.7. The predicted molar refractivity (Wildman–Crippen MR) is 152 cm³/mol. The van der Waals surface area contributed by atoms with Crippen LogP contribution in [0.3, 0.4) is 0 Å². The third-order valence-corrected chi connectivity index (χ3v) is 8.42. The number of rotatable bonds is 10. The second-order valence-corrected chi connectivity index (χ2v) is 11.9. The lowest BCUT2D eigenvalue weighted by Crippen LogP contribution is -2.52. The van der Waals surface area contributed by atoms with Crippen LogP contribution in [0.25, 0.3) is 0 Å². The number of hydrogen-bond acceptors (Lipinski definition) is 4. The number of para-hydroxylation sites is 1. The molecule has 38 heavy (non-hydrogen) atoms. The number of anilines is 1. The summed E-state index contributed by atoms with van der Waals surface area (Å²) in [6.07, 6.45) is 0. The third-order valence-electron chi connectivity index (χ3n) is 5.92. The highest BCUT2D eigenvalue weighted by Crippen LogP contribution is 2.28. The van der Waals surface area contributed by atoms with Crippen molar-refractivity contribution in [3.63, 3.8) is 0 Å². The molecule has 0 spiro atoms. The molecule has 0 aliphatic rings. The van der Waals surface area contributed by atoms with E-state index in [9.17, 15) is 18.0 Å². The maximum absolute atomic E-state index is 13.9. The van der Waals surface area contributed by atoms with Crippen molar-refractivity contribution in [3.05, 3.63) is 94.0 Å². The van der Waals surface area contributed by atoms with Gasteiger partial charge in [-0.1, -0.05) is 65.2 Å². The number of amides is 2. The van der Waals surface area contributed by atoms with E-state index in [2.05, 4.69) is 5.32 Å². The number of halogens is 2. The summed E-state index contributed by atoms with van der Waals surface area (Å²) in [5.74, 6) is -0.976. The molecular formula is C28H31Cl2N3O4S. The number of carbonyl (C=O) groups is 2. The van der Waals surface area contributed by atoms with Crippen molar-refractivity contribution >= 4 is 50.7 Å². The van der Waals surface area contributed by atoms with Crippen LogP contribution in [0, 0.1) is 6.92 Å². The quantitative estimate of drug-likeness (QED) is 0.348. The lowest BCUT2D eigenvalue weighted by atomic mass is 10.1. The standard InChI is InChI=1S/C28H31Cl2N3O4S/c1-19(2)31-28(35)21(4)32(17-24-25(29)11-8-12-26(24)30)27(34)18-33(22-9-6-5-7-10-22)38(36,37)23-15-13-20(3)14-16-23/h5-16,19,21H,17-18H2,1-4H3,(H,31,35)/t21-/m0/s1. The maximum atomic E-state index is 13.9. The molecule has 3 aromatic carbocycles. The molecule has 0 radical (unpaired) electrons. The molecule has 202 valence electrons. The van der Waals surface area contributed by atoms with Crippen molar-refractivity contribution in [1.29, 1.82) is 0 Å². The maximum Gasteiger partial charge on any atom is 0.264 e. The monoisotopic (exact) mass is 575 g/mol. The minimum atomic E-state index is -4.12. The molecule has 1 N–H and O–H groups in total. The molecule has 0 bridgehead atoms. The summed E-state index contributed by atoms with van der Waals surface area (Å²) in [6, 6.07) is 18.6. The summed E-state index contributed by atoms with van der Waals surface area (Å²) in [5.41, 5.74) is 1.68. The molecule has 0 saturated carbocycles. The molecule has 7 nitrogen and oxygen atoms in total. The summed E-state index contributed by atoms with van der Waals surface area (Å²) in [4.78, 5) is 28.2. The zero-order chi connectivity index (χ0) is 28.0. The molecule has 0 aliphatic carbocycles. The molecule has 0 aromatic heterocycles. The Morgan fingerprint density at radius 3 is 2.00 bits per heavy atom. The van der Waals surface area contributed by atoms with Crippen molar-refractivity contribution in [2.24, 2.45) is 0 Å². The van der Waals surface area contributed by atoms with Crippen molar-refractivity contribution < 1.29 is 18.0 Å². The van der Waals surface area contributed by atoms with Crippen molar-refractivity contribution in [2.75, 3.05) is 10.8 Å². The summed E-state index contributed by atoms with van der Waals surface area (Å²) in [7, 11) is -4.12. The van der Waals surface area contributed by atoms with E-state index in [0.29, 0.717) is 21.3 Å². The zero-order valence-corrected chi connectivity index (χ0v) is 24.0. The Balaban J connectivity index is 2.04. The molecular weight excluding hydrogens is 545 g/mol. The first-order chi connectivity index (χ1) is 17.9. The Labute approximate surface area is 234 Å². The van der Waals surface area contributed by atoms with Gasteiger partial charge in [-0.2, -0.15) is 0 Å². The summed E-state index contributed by atoms with van der Waals surface area (Å²) in [5, 5.41) is 3.47. The van der Waals surface area contributed by atoms with Gasteiger partial charge in [-0.05, 0) is 64.1 Å². The fourth-order valence-corrected chi connectivity index (χ4v) is 5.73. The fraction of sp³-hybridized carbons (Fsp3) is 0.286. The number of benzene rings is 3. The van der Waals surface area contributed by atoms with Crippen LogP contribution in [0.4, 0.5) is 5.69 Å². The van der Waals surface area contributed by atoms with E-state index < -0.39 is 28.5 Å². The van der Waals surface area contributed by atoms with Crippen molar-refractivity contribution in [1.82, 2.24) is 10.2 Å². The van der Waals surface area contributed by atoms with E-state index in [1.54, 1.807) is 67.6 Å². The van der Waals surface area contributed by atoms with Gasteiger partial charge in [0.05, 0.1) is 10.6 Å². The smallest absolute Gasteiger partial charge is 0.264 e. The van der Waals surface area contributed by atoms with Crippen LogP contribution < -0.4 is 9.62 Å². The lowest BCUT2D eigenvalue weighted by molar-refractivity contribution is -0.139. The minimum absolute atomic E-state index is 0.0473. The highest BCUT2D eigenvalue weighted by Gasteiger charge is 2.33. The van der Waals surface area contributed by atoms with Gasteiger partial charge < -0.3 is 10.2 Å². The first-order valence-corrected chi connectivity index (χ1v) is 14.3. The molecule has 1 atom stereocenters. The average Bonchev–Trinajstić information content (AvgIpc) is 2.87. The van der Waals surface area contributed by atoms with Crippen LogP contribution in [0.1, 0.15) is 31.9 Å². The molecule has 0 fully saturated rings. The van der Waals surface area contributed by atoms with Gasteiger partial charge in [-0.3, -0.25) is 13.9 Å². The van der Waals surface area contributed by atoms with Gasteiger partial charge in [-0.25, -0.2) is 8.42 Å². The number of nitrogens with zero attached hydrogens (tertiary/aromatic N) is 2. The summed E-state index contributed by atoms with van der Waals surface area (Å²) in [6.45, 7) is 6.44. The Morgan fingerprint density at radius 1 is 0.868 bits per heavy atom. The fourth-order valence-electron chi connectivity index (χ4n) is 3.80. The highest BCUT2D eigenvalue weighted by molar-refractivity contribution is 7.92. The van der Waals surface area contributed by atoms with Crippen LogP contribution in [-0.4, -0.2) is 43.8 Å². The van der Waals surface area contributed by atoms with E-state index in [4.69, 9.17) is 23.2 Å². The Kier molecular flexibility index (Phi) is 9.82. The van der Waals surface area contributed by atoms with Crippen LogP contribution in [0.5, 0.6) is 0 Å². The summed E-state index contributed by atoms with van der Waals surface area (Å²) >= 11 is 12.8. The molecule has 3 rings (SSSR count). The van der Waals surface area contributed by atoms with Gasteiger partial charge in [0.1, 0.15) is 12.6 Å². The minimum Gasteiger partial charge on any atom is -0.352 e.